The van der Waals surface area contributed by atoms with E-state index in [4.69, 9.17) is 0 Å². The molecule has 3 N–H and O–H groups in total. The zero-order chi connectivity index (χ0) is 45.6. The molecule has 0 spiro atoms. The van der Waals surface area contributed by atoms with Crippen molar-refractivity contribution in [1.29, 1.82) is 0 Å². The molecule has 0 saturated carbocycles. The molecule has 1 rings (SSSR count). The summed E-state index contributed by atoms with van der Waals surface area (Å²) in [4.78, 5) is 51.2. The largest absolute Gasteiger partial charge is 0.459 e. The van der Waals surface area contributed by atoms with E-state index in [0.717, 1.165) is 64.2 Å². The highest BCUT2D eigenvalue weighted by Gasteiger charge is 2.75. The van der Waals surface area contributed by atoms with E-state index in [1.54, 1.807) is 0 Å². The molecule has 0 saturated heterocycles. The zero-order valence-corrected chi connectivity index (χ0v) is 36.4. The summed E-state index contributed by atoms with van der Waals surface area (Å²) in [6.07, 6.45) is 17.7. The molecular formula is C45H71F8N3O5. The molecule has 0 aromatic heterocycles. The van der Waals surface area contributed by atoms with E-state index in [1.807, 2.05) is 0 Å². The van der Waals surface area contributed by atoms with Gasteiger partial charge in [0.05, 0.1) is 0 Å². The van der Waals surface area contributed by atoms with Crippen LogP contribution in [0.4, 0.5) is 35.1 Å². The number of nitrogens with one attached hydrogen (secondary N) is 3. The lowest BCUT2D eigenvalue weighted by Crippen LogP contribution is -2.59. The Hall–Kier alpha value is -3.46. The minimum atomic E-state index is -6.42. The predicted molar refractivity (Wildman–Crippen MR) is 222 cm³/mol. The fourth-order valence-electron chi connectivity index (χ4n) is 6.62. The highest BCUT2D eigenvalue weighted by molar-refractivity contribution is 6.04. The molecule has 0 aliphatic rings. The summed E-state index contributed by atoms with van der Waals surface area (Å²) in [5, 5.41) is 8.72. The molecule has 0 heterocycles. The summed E-state index contributed by atoms with van der Waals surface area (Å²) in [5.74, 6) is -20.9. The van der Waals surface area contributed by atoms with Crippen molar-refractivity contribution in [3.8, 4) is 0 Å². The number of unbranched alkanes of at least 4 members (excludes halogenated alkanes) is 21. The third-order valence-electron chi connectivity index (χ3n) is 10.5. The number of benzene rings is 1. The van der Waals surface area contributed by atoms with Crippen LogP contribution in [0.3, 0.4) is 0 Å². The van der Waals surface area contributed by atoms with Gasteiger partial charge in [-0.3, -0.25) is 19.2 Å². The monoisotopic (exact) mass is 886 g/mol. The van der Waals surface area contributed by atoms with Crippen molar-refractivity contribution >= 4 is 23.7 Å². The second-order valence-corrected chi connectivity index (χ2v) is 16.0. The number of hydrogen-bond donors (Lipinski definition) is 3. The third-order valence-corrected chi connectivity index (χ3v) is 10.5. The van der Waals surface area contributed by atoms with Gasteiger partial charge in [0.1, 0.15) is 0 Å². The molecule has 1 aromatic carbocycles. The van der Waals surface area contributed by atoms with Crippen LogP contribution in [0.2, 0.25) is 0 Å². The van der Waals surface area contributed by atoms with E-state index in [-0.39, 0.29) is 34.9 Å². The Balaban J connectivity index is 2.51. The van der Waals surface area contributed by atoms with Gasteiger partial charge in [-0.15, -0.1) is 0 Å². The minimum Gasteiger partial charge on any atom is -0.459 e. The first-order chi connectivity index (χ1) is 29.0. The molecule has 16 heteroatoms. The minimum absolute atomic E-state index is 0.158. The van der Waals surface area contributed by atoms with E-state index < -0.39 is 49.1 Å². The van der Waals surface area contributed by atoms with Crippen LogP contribution in [0.25, 0.3) is 0 Å². The lowest BCUT2D eigenvalue weighted by atomic mass is 10.0. The maximum Gasteiger partial charge on any atom is 0.381 e. The van der Waals surface area contributed by atoms with Crippen molar-refractivity contribution < 1.29 is 59.0 Å². The first-order valence-electron chi connectivity index (χ1n) is 22.6. The molecule has 1 aromatic rings. The molecule has 0 aliphatic carbocycles. The van der Waals surface area contributed by atoms with Crippen LogP contribution in [0, 0.1) is 0 Å². The normalized spacial score (nSPS) is 12.1. The summed E-state index contributed by atoms with van der Waals surface area (Å²) in [7, 11) is 0. The van der Waals surface area contributed by atoms with Crippen molar-refractivity contribution in [2.45, 2.75) is 199 Å². The van der Waals surface area contributed by atoms with Gasteiger partial charge in [-0.05, 0) is 43.9 Å². The summed E-state index contributed by atoms with van der Waals surface area (Å²) in [6.45, 7) is 3.27. The Morgan fingerprint density at radius 2 is 0.787 bits per heavy atom. The molecule has 352 valence electrons. The Kier molecular flexibility index (Phi) is 28.6. The van der Waals surface area contributed by atoms with Gasteiger partial charge in [0.2, 0.25) is 0 Å². The Morgan fingerprint density at radius 1 is 0.492 bits per heavy atom. The number of ether oxygens (including phenoxy) is 1. The molecule has 0 atom stereocenters. The standard InChI is InChI=1S/C45H71F8N3O5/c1-3-5-7-9-11-16-20-24-28-54-39(58)35-31-36(40(59)55-29-25-21-17-12-10-8-6-4-2)33-37(32-35)41(60)56-30-26-22-18-14-13-15-19-23-27-38(57)61-34-43(48,49)45(52,53)44(50,51)42(46)47/h31-33,42H,3-30,34H2,1-2H3,(H,54,58)(H,55,59)(H,56,60). The van der Waals surface area contributed by atoms with Gasteiger partial charge in [-0.1, -0.05) is 142 Å². The summed E-state index contributed by atoms with van der Waals surface area (Å²) in [6, 6.07) is 4.52. The number of carbonyl (C=O) groups excluding carboxylic acids is 4. The Labute approximate surface area is 357 Å². The van der Waals surface area contributed by atoms with Crippen LogP contribution in [0.5, 0.6) is 0 Å². The van der Waals surface area contributed by atoms with Gasteiger partial charge < -0.3 is 20.7 Å². The maximum atomic E-state index is 13.5. The molecular weight excluding hydrogens is 814 g/mol. The molecule has 3 amide bonds. The lowest BCUT2D eigenvalue weighted by Gasteiger charge is -2.31. The van der Waals surface area contributed by atoms with Crippen molar-refractivity contribution in [3.63, 3.8) is 0 Å². The fraction of sp³-hybridized carbons (Fsp3) is 0.778. The van der Waals surface area contributed by atoms with Gasteiger partial charge in [0.15, 0.2) is 6.61 Å². The van der Waals surface area contributed by atoms with Crippen LogP contribution in [-0.4, -0.2) is 74.1 Å². The van der Waals surface area contributed by atoms with Crippen LogP contribution in [0.15, 0.2) is 18.2 Å². The van der Waals surface area contributed by atoms with Crippen molar-refractivity contribution in [2.75, 3.05) is 26.2 Å². The average molecular weight is 886 g/mol. The number of hydrogen-bond acceptors (Lipinski definition) is 5. The third kappa shape index (κ3) is 22.5. The zero-order valence-electron chi connectivity index (χ0n) is 36.4. The quantitative estimate of drug-likeness (QED) is 0.0350. The number of amides is 3. The number of esters is 1. The van der Waals surface area contributed by atoms with Crippen molar-refractivity contribution in [3.05, 3.63) is 34.9 Å². The molecule has 0 fully saturated rings. The van der Waals surface area contributed by atoms with Crippen molar-refractivity contribution in [1.82, 2.24) is 16.0 Å². The lowest BCUT2D eigenvalue weighted by molar-refractivity contribution is -0.344. The summed E-state index contributed by atoms with van der Waals surface area (Å²) >= 11 is 0. The second-order valence-electron chi connectivity index (χ2n) is 16.0. The maximum absolute atomic E-state index is 13.5. The number of alkyl halides is 8. The Bertz CT molecular complexity index is 1350. The molecule has 0 unspecified atom stereocenters. The van der Waals surface area contributed by atoms with Gasteiger partial charge in [0.25, 0.3) is 17.7 Å². The van der Waals surface area contributed by atoms with Gasteiger partial charge >= 0.3 is 30.2 Å². The van der Waals surface area contributed by atoms with Gasteiger partial charge in [-0.2, -0.15) is 26.3 Å². The van der Waals surface area contributed by atoms with Crippen LogP contribution in [0.1, 0.15) is 205 Å². The Morgan fingerprint density at radius 3 is 1.10 bits per heavy atom. The van der Waals surface area contributed by atoms with E-state index in [0.29, 0.717) is 38.9 Å². The fourth-order valence-corrected chi connectivity index (χ4v) is 6.62. The van der Waals surface area contributed by atoms with Crippen molar-refractivity contribution in [2.24, 2.45) is 0 Å². The SMILES string of the molecule is CCCCCCCCCCNC(=O)c1cc(C(=O)NCCCCCCCCCC)cc(C(=O)NCCCCCCCCCCC(=O)OCC(F)(F)C(F)(F)C(F)(F)C(F)F)c1. The smallest absolute Gasteiger partial charge is 0.381 e. The first-order valence-corrected chi connectivity index (χ1v) is 22.6. The van der Waals surface area contributed by atoms with E-state index in [9.17, 15) is 54.3 Å². The molecule has 61 heavy (non-hydrogen) atoms. The van der Waals surface area contributed by atoms with Crippen LogP contribution >= 0.6 is 0 Å². The number of rotatable bonds is 37. The summed E-state index contributed by atoms with van der Waals surface area (Å²) in [5.41, 5.74) is 0.686. The predicted octanol–water partition coefficient (Wildman–Crippen LogP) is 12.4. The van der Waals surface area contributed by atoms with Gasteiger partial charge in [-0.25, -0.2) is 8.78 Å². The van der Waals surface area contributed by atoms with E-state index >= 15 is 0 Å². The molecule has 0 bridgehead atoms. The molecule has 0 radical (unpaired) electrons. The first kappa shape index (κ1) is 55.6. The summed E-state index contributed by atoms with van der Waals surface area (Å²) < 4.78 is 108. The van der Waals surface area contributed by atoms with Crippen LogP contribution in [-0.2, 0) is 9.53 Å². The number of carbonyl (C=O) groups is 4. The van der Waals surface area contributed by atoms with Gasteiger partial charge in [0, 0.05) is 42.7 Å². The van der Waals surface area contributed by atoms with E-state index in [1.165, 1.54) is 82.4 Å². The molecule has 8 nitrogen and oxygen atoms in total. The highest BCUT2D eigenvalue weighted by atomic mass is 19.4. The number of halogens is 8. The highest BCUT2D eigenvalue weighted by Crippen LogP contribution is 2.48. The second kappa shape index (κ2) is 31.4. The molecule has 0 aliphatic heterocycles. The average Bonchev–Trinajstić information content (AvgIpc) is 3.22. The topological polar surface area (TPSA) is 114 Å². The van der Waals surface area contributed by atoms with Crippen LogP contribution < -0.4 is 16.0 Å². The van der Waals surface area contributed by atoms with E-state index in [2.05, 4.69) is 34.5 Å².